The van der Waals surface area contributed by atoms with Crippen LogP contribution in [0.3, 0.4) is 0 Å². The summed E-state index contributed by atoms with van der Waals surface area (Å²) in [5.74, 6) is -1.77. The van der Waals surface area contributed by atoms with Crippen LogP contribution in [0.5, 0.6) is 0 Å². The standard InChI is InChI=1S/C34H59N7O6/c1-11-13-26(38-32(45)27(19-34(8,9)10)39-30(43)24-14-16-41(47)17-15-24)31(44)37-25(18-21(3)4)20-36-23(7)29(42)40-28(22(5)6)33(46)35-12-2/h14-17,21-23,25-28,36H,11-13,18-20H2,1-10H3,(H,35,46)(H,37,44)(H,38,45)(H,39,43)(H,40,42)/t23-,25-,26-,27-,28-/m0/s1. The SMILES string of the molecule is CCC[C@H](NC(=O)[C@H](CC(C)(C)C)NC(=O)c1cc[n+]([O-])cc1)C(=O)N[C@H](CN[C@@H](C)C(=O)N[C@H](C(=O)NCC)C(C)C)CC(C)C. The van der Waals surface area contributed by atoms with Gasteiger partial charge in [0, 0.05) is 31.3 Å². The van der Waals surface area contributed by atoms with E-state index in [9.17, 15) is 29.2 Å². The summed E-state index contributed by atoms with van der Waals surface area (Å²) in [7, 11) is 0. The van der Waals surface area contributed by atoms with Crippen LogP contribution in [-0.4, -0.2) is 72.8 Å². The minimum Gasteiger partial charge on any atom is -0.619 e. The van der Waals surface area contributed by atoms with Crippen molar-refractivity contribution in [2.45, 2.75) is 125 Å². The van der Waals surface area contributed by atoms with Crippen molar-refractivity contribution in [1.29, 1.82) is 0 Å². The molecule has 0 unspecified atom stereocenters. The summed E-state index contributed by atoms with van der Waals surface area (Å²) in [4.78, 5) is 65.5. The number of carbonyl (C=O) groups is 5. The molecule has 0 fully saturated rings. The zero-order chi connectivity index (χ0) is 35.9. The molecule has 1 heterocycles. The summed E-state index contributed by atoms with van der Waals surface area (Å²) in [6.07, 6.45) is 4.36. The Labute approximate surface area is 280 Å². The second-order valence-electron chi connectivity index (χ2n) is 14.2. The maximum atomic E-state index is 13.6. The Morgan fingerprint density at radius 3 is 1.91 bits per heavy atom. The molecule has 6 N–H and O–H groups in total. The van der Waals surface area contributed by atoms with Crippen LogP contribution in [0, 0.1) is 22.5 Å². The normalized spacial score (nSPS) is 14.8. The molecular weight excluding hydrogens is 602 g/mol. The average molecular weight is 662 g/mol. The van der Waals surface area contributed by atoms with Crippen molar-refractivity contribution in [1.82, 2.24) is 31.9 Å². The largest absolute Gasteiger partial charge is 0.619 e. The number of nitrogens with zero attached hydrogens (tertiary/aromatic N) is 1. The minimum absolute atomic E-state index is 0.0998. The van der Waals surface area contributed by atoms with E-state index in [1.807, 2.05) is 62.3 Å². The first kappa shape index (κ1) is 41.3. The van der Waals surface area contributed by atoms with Crippen LogP contribution in [0.15, 0.2) is 24.5 Å². The maximum Gasteiger partial charge on any atom is 0.252 e. The predicted octanol–water partition coefficient (Wildman–Crippen LogP) is 1.93. The van der Waals surface area contributed by atoms with E-state index >= 15 is 0 Å². The molecule has 1 aromatic rings. The molecule has 0 spiro atoms. The lowest BCUT2D eigenvalue weighted by atomic mass is 9.87. The summed E-state index contributed by atoms with van der Waals surface area (Å²) in [5.41, 5.74) is -0.0824. The smallest absolute Gasteiger partial charge is 0.252 e. The molecule has 0 aromatic carbocycles. The summed E-state index contributed by atoms with van der Waals surface area (Å²) in [6, 6.07) is -0.653. The monoisotopic (exact) mass is 661 g/mol. The first-order valence-electron chi connectivity index (χ1n) is 16.8. The Morgan fingerprint density at radius 2 is 1.40 bits per heavy atom. The van der Waals surface area contributed by atoms with E-state index in [2.05, 4.69) is 31.9 Å². The van der Waals surface area contributed by atoms with Crippen molar-refractivity contribution in [3.8, 4) is 0 Å². The van der Waals surface area contributed by atoms with E-state index < -0.39 is 36.0 Å². The van der Waals surface area contributed by atoms with Crippen molar-refractivity contribution in [3.05, 3.63) is 35.3 Å². The Kier molecular flexibility index (Phi) is 17.4. The van der Waals surface area contributed by atoms with E-state index in [1.165, 1.54) is 24.5 Å². The highest BCUT2D eigenvalue weighted by atomic mass is 16.5. The van der Waals surface area contributed by atoms with Gasteiger partial charge in [0.1, 0.15) is 18.1 Å². The molecule has 0 aliphatic carbocycles. The molecule has 47 heavy (non-hydrogen) atoms. The van der Waals surface area contributed by atoms with Gasteiger partial charge in [0.15, 0.2) is 12.4 Å². The topological polar surface area (TPSA) is 184 Å². The second-order valence-corrected chi connectivity index (χ2v) is 14.2. The van der Waals surface area contributed by atoms with Crippen molar-refractivity contribution in [3.63, 3.8) is 0 Å². The lowest BCUT2D eigenvalue weighted by Gasteiger charge is -2.29. The number of carbonyl (C=O) groups excluding carboxylic acids is 5. The lowest BCUT2D eigenvalue weighted by molar-refractivity contribution is -0.605. The minimum atomic E-state index is -0.921. The number of likely N-dealkylation sites (N-methyl/N-ethyl adjacent to an activating group) is 1. The molecule has 0 saturated carbocycles. The number of pyridine rings is 1. The van der Waals surface area contributed by atoms with E-state index in [4.69, 9.17) is 0 Å². The highest BCUT2D eigenvalue weighted by molar-refractivity contribution is 5.98. The third kappa shape index (κ3) is 15.6. The van der Waals surface area contributed by atoms with Crippen molar-refractivity contribution in [2.24, 2.45) is 17.3 Å². The van der Waals surface area contributed by atoms with Crippen LogP contribution in [0.2, 0.25) is 0 Å². The zero-order valence-electron chi connectivity index (χ0n) is 30.0. The fraction of sp³-hybridized carbons (Fsp3) is 0.706. The first-order chi connectivity index (χ1) is 21.9. The van der Waals surface area contributed by atoms with Gasteiger partial charge in [0.05, 0.1) is 11.6 Å². The summed E-state index contributed by atoms with van der Waals surface area (Å²) in [5, 5.41) is 28.9. The molecule has 5 atom stereocenters. The van der Waals surface area contributed by atoms with Gasteiger partial charge in [-0.2, -0.15) is 4.73 Å². The first-order valence-corrected chi connectivity index (χ1v) is 16.8. The number of aromatic nitrogens is 1. The number of amides is 5. The second kappa shape index (κ2) is 19.8. The van der Waals surface area contributed by atoms with Gasteiger partial charge in [0.2, 0.25) is 23.6 Å². The van der Waals surface area contributed by atoms with Crippen LogP contribution >= 0.6 is 0 Å². The lowest BCUT2D eigenvalue weighted by Crippen LogP contribution is -2.57. The molecular formula is C34H59N7O6. The molecule has 5 amide bonds. The highest BCUT2D eigenvalue weighted by Gasteiger charge is 2.31. The average Bonchev–Trinajstić information content (AvgIpc) is 2.96. The quantitative estimate of drug-likeness (QED) is 0.0966. The predicted molar refractivity (Wildman–Crippen MR) is 182 cm³/mol. The van der Waals surface area contributed by atoms with Gasteiger partial charge in [-0.15, -0.1) is 0 Å². The van der Waals surface area contributed by atoms with E-state index in [1.54, 1.807) is 6.92 Å². The van der Waals surface area contributed by atoms with Gasteiger partial charge in [0.25, 0.3) is 5.91 Å². The van der Waals surface area contributed by atoms with Crippen LogP contribution in [0.1, 0.15) is 105 Å². The van der Waals surface area contributed by atoms with Gasteiger partial charge in [-0.1, -0.05) is 61.8 Å². The molecule has 13 nitrogen and oxygen atoms in total. The summed E-state index contributed by atoms with van der Waals surface area (Å²) in [6.45, 7) is 19.8. The third-order valence-electron chi connectivity index (χ3n) is 7.48. The van der Waals surface area contributed by atoms with Crippen LogP contribution in [0.25, 0.3) is 0 Å². The van der Waals surface area contributed by atoms with Crippen molar-refractivity contribution < 1.29 is 28.7 Å². The van der Waals surface area contributed by atoms with Gasteiger partial charge in [-0.3, -0.25) is 24.0 Å². The van der Waals surface area contributed by atoms with Crippen molar-refractivity contribution in [2.75, 3.05) is 13.1 Å². The Hall–Kier alpha value is -3.74. The fourth-order valence-electron chi connectivity index (χ4n) is 5.03. The molecule has 0 aliphatic heterocycles. The molecule has 0 bridgehead atoms. The highest BCUT2D eigenvalue weighted by Crippen LogP contribution is 2.21. The summed E-state index contributed by atoms with van der Waals surface area (Å²) >= 11 is 0. The molecule has 0 radical (unpaired) electrons. The molecule has 0 saturated heterocycles. The van der Waals surface area contributed by atoms with Crippen LogP contribution in [-0.2, 0) is 19.2 Å². The molecule has 266 valence electrons. The number of hydrogen-bond donors (Lipinski definition) is 6. The van der Waals surface area contributed by atoms with E-state index in [-0.39, 0.29) is 46.6 Å². The van der Waals surface area contributed by atoms with Gasteiger partial charge >= 0.3 is 0 Å². The zero-order valence-corrected chi connectivity index (χ0v) is 30.0. The van der Waals surface area contributed by atoms with Gasteiger partial charge in [-0.25, -0.2) is 0 Å². The van der Waals surface area contributed by atoms with Crippen molar-refractivity contribution >= 4 is 29.5 Å². The Bertz CT molecular complexity index is 1170. The Morgan fingerprint density at radius 1 is 0.809 bits per heavy atom. The molecule has 13 heteroatoms. The summed E-state index contributed by atoms with van der Waals surface area (Å²) < 4.78 is 0.568. The third-order valence-corrected chi connectivity index (χ3v) is 7.48. The number of hydrogen-bond acceptors (Lipinski definition) is 7. The number of nitrogens with one attached hydrogen (secondary N) is 6. The molecule has 1 rings (SSSR count). The van der Waals surface area contributed by atoms with Gasteiger partial charge in [-0.05, 0) is 50.4 Å². The van der Waals surface area contributed by atoms with Gasteiger partial charge < -0.3 is 37.1 Å². The molecule has 1 aromatic heterocycles. The van der Waals surface area contributed by atoms with Crippen LogP contribution < -0.4 is 36.6 Å². The van der Waals surface area contributed by atoms with E-state index in [0.717, 1.165) is 0 Å². The Balaban J connectivity index is 3.01. The number of rotatable bonds is 19. The van der Waals surface area contributed by atoms with Crippen LogP contribution in [0.4, 0.5) is 0 Å². The van der Waals surface area contributed by atoms with E-state index in [0.29, 0.717) is 43.5 Å². The maximum absolute atomic E-state index is 13.6. The molecule has 0 aliphatic rings. The fourth-order valence-corrected chi connectivity index (χ4v) is 5.03.